The van der Waals surface area contributed by atoms with Crippen LogP contribution in [0.1, 0.15) is 44.6 Å². The van der Waals surface area contributed by atoms with Gasteiger partial charge in [-0.15, -0.1) is 0 Å². The summed E-state index contributed by atoms with van der Waals surface area (Å²) >= 11 is 0. The molecule has 1 aliphatic carbocycles. The maximum Gasteiger partial charge on any atom is 0.126 e. The van der Waals surface area contributed by atoms with E-state index in [1.165, 1.54) is 0 Å². The molecule has 0 radical (unpaired) electrons. The van der Waals surface area contributed by atoms with Crippen molar-refractivity contribution < 1.29 is 18.6 Å². The molecule has 0 amide bonds. The number of halogens is 2. The van der Waals surface area contributed by atoms with Crippen molar-refractivity contribution in [2.75, 3.05) is 6.61 Å². The van der Waals surface area contributed by atoms with E-state index in [1.807, 2.05) is 6.92 Å². The Kier molecular flexibility index (Phi) is 5.11. The lowest BCUT2D eigenvalue weighted by Crippen LogP contribution is -2.47. The molecule has 20 heavy (non-hydrogen) atoms. The molecule has 1 aromatic rings. The summed E-state index contributed by atoms with van der Waals surface area (Å²) in [6.45, 7) is 2.41. The Morgan fingerprint density at radius 1 is 1.25 bits per heavy atom. The lowest BCUT2D eigenvalue weighted by atomic mass is 9.78. The van der Waals surface area contributed by atoms with Crippen molar-refractivity contribution in [3.8, 4) is 0 Å². The molecule has 1 atom stereocenters. The Morgan fingerprint density at radius 2 is 1.95 bits per heavy atom. The van der Waals surface area contributed by atoms with E-state index in [0.717, 1.165) is 50.3 Å². The Balaban J connectivity index is 2.15. The first-order valence-corrected chi connectivity index (χ1v) is 7.33. The third-order valence-electron chi connectivity index (χ3n) is 4.16. The lowest BCUT2D eigenvalue weighted by molar-refractivity contribution is -0.139. The fraction of sp³-hybridized carbons (Fsp3) is 0.625. The molecule has 4 heteroatoms. The average molecular weight is 284 g/mol. The summed E-state index contributed by atoms with van der Waals surface area (Å²) in [6.07, 6.45) is 3.97. The highest BCUT2D eigenvalue weighted by molar-refractivity contribution is 5.20. The van der Waals surface area contributed by atoms with Crippen LogP contribution >= 0.6 is 0 Å². The first kappa shape index (κ1) is 15.4. The molecule has 1 saturated carbocycles. The summed E-state index contributed by atoms with van der Waals surface area (Å²) in [4.78, 5) is 0. The van der Waals surface area contributed by atoms with E-state index < -0.39 is 23.3 Å². The SMILES string of the molecule is CCOC1(C(O)Cc2cc(F)ccc2F)CCCCC1. The van der Waals surface area contributed by atoms with E-state index in [2.05, 4.69) is 0 Å². The van der Waals surface area contributed by atoms with Crippen LogP contribution in [0.2, 0.25) is 0 Å². The van der Waals surface area contributed by atoms with Crippen molar-refractivity contribution >= 4 is 0 Å². The quantitative estimate of drug-likeness (QED) is 0.895. The lowest BCUT2D eigenvalue weighted by Gasteiger charge is -2.41. The molecule has 1 unspecified atom stereocenters. The highest BCUT2D eigenvalue weighted by Crippen LogP contribution is 2.36. The smallest absolute Gasteiger partial charge is 0.126 e. The molecule has 0 aliphatic heterocycles. The maximum atomic E-state index is 13.7. The van der Waals surface area contributed by atoms with E-state index in [4.69, 9.17) is 4.74 Å². The zero-order chi connectivity index (χ0) is 14.6. The Bertz CT molecular complexity index is 437. The molecule has 112 valence electrons. The Hall–Kier alpha value is -1.00. The maximum absolute atomic E-state index is 13.7. The summed E-state index contributed by atoms with van der Waals surface area (Å²) in [5.41, 5.74) is -0.395. The molecule has 2 nitrogen and oxygen atoms in total. The summed E-state index contributed by atoms with van der Waals surface area (Å²) in [6, 6.07) is 3.34. The van der Waals surface area contributed by atoms with Crippen molar-refractivity contribution in [1.29, 1.82) is 0 Å². The number of aliphatic hydroxyl groups excluding tert-OH is 1. The second-order valence-electron chi connectivity index (χ2n) is 5.51. The third-order valence-corrected chi connectivity index (χ3v) is 4.16. The predicted molar refractivity (Wildman–Crippen MR) is 73.5 cm³/mol. The monoisotopic (exact) mass is 284 g/mol. The molecular formula is C16H22F2O2. The number of rotatable bonds is 5. The average Bonchev–Trinajstić information content (AvgIpc) is 2.44. The van der Waals surface area contributed by atoms with Crippen molar-refractivity contribution in [3.63, 3.8) is 0 Å². The summed E-state index contributed by atoms with van der Waals surface area (Å²) < 4.78 is 32.7. The first-order chi connectivity index (χ1) is 9.57. The van der Waals surface area contributed by atoms with Gasteiger partial charge in [-0.3, -0.25) is 0 Å². The fourth-order valence-corrected chi connectivity index (χ4v) is 3.11. The molecule has 0 spiro atoms. The zero-order valence-electron chi connectivity index (χ0n) is 11.9. The number of hydrogen-bond donors (Lipinski definition) is 1. The first-order valence-electron chi connectivity index (χ1n) is 7.33. The second-order valence-corrected chi connectivity index (χ2v) is 5.51. The van der Waals surface area contributed by atoms with Gasteiger partial charge in [0.05, 0.1) is 11.7 Å². The standard InChI is InChI=1S/C16H22F2O2/c1-2-20-16(8-4-3-5-9-16)15(19)11-12-10-13(17)6-7-14(12)18/h6-7,10,15,19H,2-5,8-9,11H2,1H3. The van der Waals surface area contributed by atoms with Gasteiger partial charge < -0.3 is 9.84 Å². The van der Waals surface area contributed by atoms with Gasteiger partial charge in [0.15, 0.2) is 0 Å². The summed E-state index contributed by atoms with van der Waals surface area (Å²) in [5, 5.41) is 10.5. The molecular weight excluding hydrogens is 262 g/mol. The fourth-order valence-electron chi connectivity index (χ4n) is 3.11. The van der Waals surface area contributed by atoms with Gasteiger partial charge in [-0.2, -0.15) is 0 Å². The van der Waals surface area contributed by atoms with Gasteiger partial charge in [-0.25, -0.2) is 8.78 Å². The van der Waals surface area contributed by atoms with Crippen molar-refractivity contribution in [2.45, 2.75) is 57.2 Å². The third kappa shape index (κ3) is 3.36. The van der Waals surface area contributed by atoms with Crippen LogP contribution in [0.4, 0.5) is 8.78 Å². The van der Waals surface area contributed by atoms with Crippen LogP contribution in [0.25, 0.3) is 0 Å². The highest BCUT2D eigenvalue weighted by Gasteiger charge is 2.40. The van der Waals surface area contributed by atoms with E-state index in [0.29, 0.717) is 6.61 Å². The van der Waals surface area contributed by atoms with Crippen molar-refractivity contribution in [1.82, 2.24) is 0 Å². The number of hydrogen-bond acceptors (Lipinski definition) is 2. The minimum atomic E-state index is -0.806. The van der Waals surface area contributed by atoms with Crippen LogP contribution < -0.4 is 0 Å². The van der Waals surface area contributed by atoms with Gasteiger partial charge in [0, 0.05) is 13.0 Å². The minimum absolute atomic E-state index is 0.0869. The number of benzene rings is 1. The van der Waals surface area contributed by atoms with E-state index in [9.17, 15) is 13.9 Å². The van der Waals surface area contributed by atoms with Crippen LogP contribution in [0.15, 0.2) is 18.2 Å². The minimum Gasteiger partial charge on any atom is -0.390 e. The van der Waals surface area contributed by atoms with Crippen LogP contribution in [-0.4, -0.2) is 23.4 Å². The van der Waals surface area contributed by atoms with Gasteiger partial charge in [0.25, 0.3) is 0 Å². The second kappa shape index (κ2) is 6.64. The van der Waals surface area contributed by atoms with Crippen molar-refractivity contribution in [2.24, 2.45) is 0 Å². The molecule has 1 N–H and O–H groups in total. The van der Waals surface area contributed by atoms with Gasteiger partial charge in [-0.05, 0) is 43.5 Å². The molecule has 0 aromatic heterocycles. The van der Waals surface area contributed by atoms with Gasteiger partial charge in [0.1, 0.15) is 11.6 Å². The molecule has 1 aromatic carbocycles. The van der Waals surface area contributed by atoms with E-state index >= 15 is 0 Å². The zero-order valence-corrected chi connectivity index (χ0v) is 11.9. The molecule has 1 fully saturated rings. The van der Waals surface area contributed by atoms with E-state index in [-0.39, 0.29) is 12.0 Å². The summed E-state index contributed by atoms with van der Waals surface area (Å²) in [7, 11) is 0. The van der Waals surface area contributed by atoms with Crippen molar-refractivity contribution in [3.05, 3.63) is 35.4 Å². The topological polar surface area (TPSA) is 29.5 Å². The van der Waals surface area contributed by atoms with Crippen LogP contribution in [0.3, 0.4) is 0 Å². The van der Waals surface area contributed by atoms with E-state index in [1.54, 1.807) is 0 Å². The molecule has 0 bridgehead atoms. The van der Waals surface area contributed by atoms with Gasteiger partial charge in [-0.1, -0.05) is 19.3 Å². The largest absolute Gasteiger partial charge is 0.390 e. The Morgan fingerprint density at radius 3 is 2.60 bits per heavy atom. The van der Waals surface area contributed by atoms with Gasteiger partial charge >= 0.3 is 0 Å². The number of aliphatic hydroxyl groups is 1. The van der Waals surface area contributed by atoms with Crippen LogP contribution in [0, 0.1) is 11.6 Å². The predicted octanol–water partition coefficient (Wildman–Crippen LogP) is 3.61. The van der Waals surface area contributed by atoms with Crippen LogP contribution in [0.5, 0.6) is 0 Å². The van der Waals surface area contributed by atoms with Crippen LogP contribution in [-0.2, 0) is 11.2 Å². The summed E-state index contributed by atoms with van der Waals surface area (Å²) in [5.74, 6) is -0.962. The molecule has 2 rings (SSSR count). The molecule has 0 saturated heterocycles. The molecule has 0 heterocycles. The highest BCUT2D eigenvalue weighted by atomic mass is 19.1. The Labute approximate surface area is 118 Å². The molecule has 1 aliphatic rings. The normalized spacial score (nSPS) is 19.8. The number of ether oxygens (including phenoxy) is 1. The van der Waals surface area contributed by atoms with Gasteiger partial charge in [0.2, 0.25) is 0 Å².